The van der Waals surface area contributed by atoms with Gasteiger partial charge in [0.15, 0.2) is 11.7 Å². The number of amides is 2. The molecule has 0 radical (unpaired) electrons. The fraction of sp³-hybridized carbons (Fsp3) is 0.316. The smallest absolute Gasteiger partial charge is 0.272 e. The van der Waals surface area contributed by atoms with Gasteiger partial charge in [-0.2, -0.15) is 0 Å². The number of rotatable bonds is 3. The molecule has 10 heteroatoms. The van der Waals surface area contributed by atoms with Gasteiger partial charge in [-0.15, -0.1) is 0 Å². The van der Waals surface area contributed by atoms with Gasteiger partial charge >= 0.3 is 0 Å². The summed E-state index contributed by atoms with van der Waals surface area (Å²) in [4.78, 5) is 38.9. The summed E-state index contributed by atoms with van der Waals surface area (Å²) in [5.74, 6) is -4.21. The molecule has 2 aliphatic heterocycles. The van der Waals surface area contributed by atoms with Crippen LogP contribution in [-0.4, -0.2) is 40.2 Å². The highest BCUT2D eigenvalue weighted by atomic mass is 19.1. The average molecular weight is 404 g/mol. The first kappa shape index (κ1) is 19.1. The topological polar surface area (TPSA) is 104 Å². The minimum absolute atomic E-state index is 0.0133. The van der Waals surface area contributed by atoms with Crippen LogP contribution in [0.5, 0.6) is 5.75 Å². The number of benzene rings is 1. The monoisotopic (exact) mass is 404 g/mol. The second-order valence-corrected chi connectivity index (χ2v) is 6.97. The summed E-state index contributed by atoms with van der Waals surface area (Å²) in [5.41, 5.74) is -1.88. The second-order valence-electron chi connectivity index (χ2n) is 6.97. The molecule has 0 spiro atoms. The fourth-order valence-corrected chi connectivity index (χ4v) is 3.56. The van der Waals surface area contributed by atoms with E-state index in [1.807, 2.05) is 0 Å². The number of nitrogens with zero attached hydrogens (tertiary/aromatic N) is 2. The van der Waals surface area contributed by atoms with Crippen LogP contribution in [-0.2, 0) is 17.8 Å². The van der Waals surface area contributed by atoms with Gasteiger partial charge < -0.3 is 24.6 Å². The summed E-state index contributed by atoms with van der Waals surface area (Å²) in [6, 6.07) is 2.64. The molecule has 2 atom stereocenters. The summed E-state index contributed by atoms with van der Waals surface area (Å²) in [7, 11) is 0. The first-order chi connectivity index (χ1) is 13.8. The number of halogens is 2. The van der Waals surface area contributed by atoms with Crippen molar-refractivity contribution in [2.75, 3.05) is 6.61 Å². The predicted molar refractivity (Wildman–Crippen MR) is 93.0 cm³/mol. The van der Waals surface area contributed by atoms with E-state index in [2.05, 4.69) is 5.32 Å². The van der Waals surface area contributed by atoms with Gasteiger partial charge in [0.1, 0.15) is 22.9 Å². The van der Waals surface area contributed by atoms with E-state index in [-0.39, 0.29) is 30.4 Å². The molecule has 2 unspecified atom stereocenters. The van der Waals surface area contributed by atoms with Crippen molar-refractivity contribution in [1.82, 2.24) is 14.8 Å². The second kappa shape index (κ2) is 6.96. The van der Waals surface area contributed by atoms with Gasteiger partial charge in [-0.25, -0.2) is 8.78 Å². The molecule has 0 aliphatic carbocycles. The molecule has 2 amide bonds. The van der Waals surface area contributed by atoms with Crippen molar-refractivity contribution < 1.29 is 28.2 Å². The molecular weight excluding hydrogens is 388 g/mol. The van der Waals surface area contributed by atoms with Gasteiger partial charge in [0, 0.05) is 24.4 Å². The zero-order chi connectivity index (χ0) is 20.9. The van der Waals surface area contributed by atoms with Crippen molar-refractivity contribution in [2.45, 2.75) is 32.3 Å². The molecule has 1 fully saturated rings. The Morgan fingerprint density at radius 3 is 2.83 bits per heavy atom. The van der Waals surface area contributed by atoms with Gasteiger partial charge in [0.2, 0.25) is 0 Å². The highest BCUT2D eigenvalue weighted by molar-refractivity contribution is 5.99. The van der Waals surface area contributed by atoms with Crippen LogP contribution < -0.4 is 15.9 Å². The molecule has 1 saturated heterocycles. The summed E-state index contributed by atoms with van der Waals surface area (Å²) >= 11 is 0. The number of hydrogen-bond donors (Lipinski definition) is 1. The van der Waals surface area contributed by atoms with Gasteiger partial charge in [-0.3, -0.25) is 14.4 Å². The molecule has 1 aromatic carbocycles. The van der Waals surface area contributed by atoms with E-state index in [0.717, 1.165) is 18.3 Å². The minimum atomic E-state index is -1.12. The molecule has 2 aliphatic rings. The zero-order valence-corrected chi connectivity index (χ0v) is 15.3. The first-order valence-electron chi connectivity index (χ1n) is 8.88. The standard InChI is InChI=1S/C19H17F2N3O5/c1-9-8-29-14-7-23-6-12(16(25)17(26)15(23)19(28)24(9)14)18(27)22-5-10-2-3-11(20)4-13(10)21/h2-4,6,9,14,26H,5,7-8H2,1H3,(H,22,27)/p-1. The molecule has 2 aromatic rings. The Morgan fingerprint density at radius 2 is 2.10 bits per heavy atom. The highest BCUT2D eigenvalue weighted by Gasteiger charge is 2.41. The number of carbonyl (C=O) groups excluding carboxylic acids is 2. The van der Waals surface area contributed by atoms with Crippen LogP contribution in [0.4, 0.5) is 8.78 Å². The van der Waals surface area contributed by atoms with Crippen LogP contribution in [0.1, 0.15) is 33.3 Å². The van der Waals surface area contributed by atoms with E-state index in [0.29, 0.717) is 12.7 Å². The number of pyridine rings is 1. The van der Waals surface area contributed by atoms with Crippen LogP contribution in [0.3, 0.4) is 0 Å². The zero-order valence-electron chi connectivity index (χ0n) is 15.3. The number of aromatic nitrogens is 1. The van der Waals surface area contributed by atoms with Crippen LogP contribution >= 0.6 is 0 Å². The molecule has 4 rings (SSSR count). The molecule has 3 heterocycles. The lowest BCUT2D eigenvalue weighted by Gasteiger charge is -2.35. The van der Waals surface area contributed by atoms with E-state index >= 15 is 0 Å². The van der Waals surface area contributed by atoms with Crippen LogP contribution in [0.15, 0.2) is 29.2 Å². The highest BCUT2D eigenvalue weighted by Crippen LogP contribution is 2.28. The molecule has 29 heavy (non-hydrogen) atoms. The van der Waals surface area contributed by atoms with E-state index < -0.39 is 46.4 Å². The van der Waals surface area contributed by atoms with Gasteiger partial charge in [0.05, 0.1) is 19.2 Å². The summed E-state index contributed by atoms with van der Waals surface area (Å²) in [5, 5.41) is 14.8. The Morgan fingerprint density at radius 1 is 1.34 bits per heavy atom. The van der Waals surface area contributed by atoms with Gasteiger partial charge in [-0.1, -0.05) is 6.07 Å². The largest absolute Gasteiger partial charge is 0.868 e. The van der Waals surface area contributed by atoms with E-state index in [9.17, 15) is 28.3 Å². The number of nitrogens with one attached hydrogen (secondary N) is 1. The summed E-state index contributed by atoms with van der Waals surface area (Å²) in [6.07, 6.45) is 0.549. The fourth-order valence-electron chi connectivity index (χ4n) is 3.56. The summed E-state index contributed by atoms with van der Waals surface area (Å²) in [6.45, 7) is 1.87. The van der Waals surface area contributed by atoms with Gasteiger partial charge in [-0.05, 0) is 18.7 Å². The van der Waals surface area contributed by atoms with Crippen LogP contribution in [0.2, 0.25) is 0 Å². The summed E-state index contributed by atoms with van der Waals surface area (Å²) < 4.78 is 33.5. The quantitative estimate of drug-likeness (QED) is 0.794. The van der Waals surface area contributed by atoms with Crippen LogP contribution in [0, 0.1) is 11.6 Å². The maximum Gasteiger partial charge on any atom is 0.272 e. The van der Waals surface area contributed by atoms with Crippen LogP contribution in [0.25, 0.3) is 0 Å². The predicted octanol–water partition coefficient (Wildman–Crippen LogP) is 0.331. The lowest BCUT2D eigenvalue weighted by molar-refractivity contribution is -0.271. The first-order valence-corrected chi connectivity index (χ1v) is 8.88. The lowest BCUT2D eigenvalue weighted by atomic mass is 10.1. The molecule has 1 aromatic heterocycles. The maximum absolute atomic E-state index is 13.7. The Balaban J connectivity index is 1.62. The number of ether oxygens (including phenoxy) is 1. The third-order valence-corrected chi connectivity index (χ3v) is 5.04. The van der Waals surface area contributed by atoms with E-state index in [4.69, 9.17) is 4.74 Å². The SMILES string of the molecule is CC1COC2Cn3cc(C(=O)NCc4ccc(F)cc4F)c(=O)c([O-])c3C(=O)N12. The maximum atomic E-state index is 13.7. The Bertz CT molecular complexity index is 1080. The van der Waals surface area contributed by atoms with Gasteiger partial charge in [0.25, 0.3) is 11.8 Å². The third-order valence-electron chi connectivity index (χ3n) is 5.04. The molecule has 152 valence electrons. The number of fused-ring (bicyclic) bond motifs is 2. The lowest BCUT2D eigenvalue weighted by Crippen LogP contribution is -2.49. The van der Waals surface area contributed by atoms with Crippen molar-refractivity contribution >= 4 is 11.8 Å². The average Bonchev–Trinajstić information content (AvgIpc) is 3.04. The van der Waals surface area contributed by atoms with Crippen molar-refractivity contribution in [2.24, 2.45) is 0 Å². The normalized spacial score (nSPS) is 20.4. The number of carbonyl (C=O) groups is 2. The Kier molecular flexibility index (Phi) is 4.58. The Hall–Kier alpha value is -3.27. The molecule has 0 saturated carbocycles. The van der Waals surface area contributed by atoms with Crippen molar-refractivity contribution in [3.63, 3.8) is 0 Å². The molecular formula is C19H16F2N3O5-. The minimum Gasteiger partial charge on any atom is -0.868 e. The molecule has 0 bridgehead atoms. The van der Waals surface area contributed by atoms with E-state index in [1.165, 1.54) is 9.47 Å². The third kappa shape index (κ3) is 3.15. The molecule has 8 nitrogen and oxygen atoms in total. The van der Waals surface area contributed by atoms with E-state index in [1.54, 1.807) is 6.92 Å². The van der Waals surface area contributed by atoms with Crippen molar-refractivity contribution in [1.29, 1.82) is 0 Å². The molecule has 1 N–H and O–H groups in total. The Labute approximate surface area is 163 Å². The van der Waals surface area contributed by atoms with Crippen molar-refractivity contribution in [3.8, 4) is 5.75 Å². The van der Waals surface area contributed by atoms with Crippen molar-refractivity contribution in [3.05, 3.63) is 63.1 Å². The number of hydrogen-bond acceptors (Lipinski definition) is 5.